The number of carbonyl (C=O) groups is 1. The molecule has 0 atom stereocenters. The van der Waals surface area contributed by atoms with Crippen LogP contribution >= 0.6 is 0 Å². The van der Waals surface area contributed by atoms with Gasteiger partial charge in [-0.2, -0.15) is 0 Å². The molecule has 0 unspecified atom stereocenters. The third-order valence-electron chi connectivity index (χ3n) is 2.52. The highest BCUT2D eigenvalue weighted by Gasteiger charge is 2.18. The first-order valence-corrected chi connectivity index (χ1v) is 5.57. The summed E-state index contributed by atoms with van der Waals surface area (Å²) in [4.78, 5) is 14.7. The Morgan fingerprint density at radius 2 is 2.26 bits per heavy atom. The van der Waals surface area contributed by atoms with E-state index in [-0.39, 0.29) is 18.8 Å². The Balaban J connectivity index is 2.32. The first-order chi connectivity index (χ1) is 9.11. The smallest absolute Gasteiger partial charge is 0.358 e. The largest absolute Gasteiger partial charge is 0.476 e. The van der Waals surface area contributed by atoms with Crippen LogP contribution in [0.25, 0.3) is 0 Å². The van der Waals surface area contributed by atoms with Gasteiger partial charge in [0.05, 0.1) is 18.4 Å². The van der Waals surface area contributed by atoms with E-state index >= 15 is 0 Å². The zero-order valence-corrected chi connectivity index (χ0v) is 9.95. The van der Waals surface area contributed by atoms with E-state index in [9.17, 15) is 9.18 Å². The Labute approximate surface area is 107 Å². The standard InChI is InChI=1S/C11H12FN5O2/c12-8-3-7(4-14-5-8)6-17-9(1-2-13)10(11(18)19)15-16-17/h3-5H,1-2,6,13H2,(H,18,19). The van der Waals surface area contributed by atoms with Crippen LogP contribution in [0.15, 0.2) is 18.5 Å². The molecule has 2 rings (SSSR count). The summed E-state index contributed by atoms with van der Waals surface area (Å²) in [6, 6.07) is 1.31. The highest BCUT2D eigenvalue weighted by atomic mass is 19.1. The second-order valence-corrected chi connectivity index (χ2v) is 3.90. The number of nitrogens with zero attached hydrogens (tertiary/aromatic N) is 4. The number of aromatic nitrogens is 4. The molecule has 0 aromatic carbocycles. The topological polar surface area (TPSA) is 107 Å². The minimum atomic E-state index is -1.16. The maximum absolute atomic E-state index is 13.0. The van der Waals surface area contributed by atoms with Crippen molar-refractivity contribution in [2.75, 3.05) is 6.54 Å². The monoisotopic (exact) mass is 265 g/mol. The fourth-order valence-corrected chi connectivity index (χ4v) is 1.73. The van der Waals surface area contributed by atoms with Gasteiger partial charge in [0, 0.05) is 12.6 Å². The number of halogens is 1. The number of hydrogen-bond donors (Lipinski definition) is 2. The molecular weight excluding hydrogens is 253 g/mol. The number of hydrogen-bond acceptors (Lipinski definition) is 5. The van der Waals surface area contributed by atoms with Crippen LogP contribution < -0.4 is 5.73 Å². The molecular formula is C11H12FN5O2. The lowest BCUT2D eigenvalue weighted by atomic mass is 10.2. The lowest BCUT2D eigenvalue weighted by molar-refractivity contribution is 0.0689. The summed E-state index contributed by atoms with van der Waals surface area (Å²) >= 11 is 0. The van der Waals surface area contributed by atoms with Gasteiger partial charge in [-0.15, -0.1) is 5.10 Å². The van der Waals surface area contributed by atoms with Gasteiger partial charge >= 0.3 is 5.97 Å². The molecule has 19 heavy (non-hydrogen) atoms. The number of aromatic carboxylic acids is 1. The molecule has 2 heterocycles. The molecule has 2 aromatic rings. The lowest BCUT2D eigenvalue weighted by Gasteiger charge is -2.06. The second kappa shape index (κ2) is 5.53. The third kappa shape index (κ3) is 2.91. The Hall–Kier alpha value is -2.35. The molecule has 0 spiro atoms. The van der Waals surface area contributed by atoms with Crippen LogP contribution in [0.5, 0.6) is 0 Å². The minimum Gasteiger partial charge on any atom is -0.476 e. The van der Waals surface area contributed by atoms with E-state index in [4.69, 9.17) is 10.8 Å². The number of carboxylic acid groups (broad SMARTS) is 1. The molecule has 0 amide bonds. The summed E-state index contributed by atoms with van der Waals surface area (Å²) in [7, 11) is 0. The normalized spacial score (nSPS) is 10.6. The molecule has 7 nitrogen and oxygen atoms in total. The maximum Gasteiger partial charge on any atom is 0.358 e. The van der Waals surface area contributed by atoms with Gasteiger partial charge in [0.1, 0.15) is 5.82 Å². The summed E-state index contributed by atoms with van der Waals surface area (Å²) in [6.45, 7) is 0.468. The van der Waals surface area contributed by atoms with Gasteiger partial charge in [0.25, 0.3) is 0 Å². The van der Waals surface area contributed by atoms with Crippen molar-refractivity contribution in [2.45, 2.75) is 13.0 Å². The Bertz CT molecular complexity index is 599. The molecule has 3 N–H and O–H groups in total. The van der Waals surface area contributed by atoms with E-state index in [1.54, 1.807) is 0 Å². The van der Waals surface area contributed by atoms with Crippen LogP contribution in [0, 0.1) is 5.82 Å². The van der Waals surface area contributed by atoms with Crippen molar-refractivity contribution in [2.24, 2.45) is 5.73 Å². The zero-order chi connectivity index (χ0) is 13.8. The molecule has 2 aromatic heterocycles. The molecule has 0 bridgehead atoms. The van der Waals surface area contributed by atoms with E-state index in [1.807, 2.05) is 0 Å². The number of rotatable bonds is 5. The second-order valence-electron chi connectivity index (χ2n) is 3.90. The van der Waals surface area contributed by atoms with Gasteiger partial charge in [-0.25, -0.2) is 13.9 Å². The Morgan fingerprint density at radius 3 is 2.89 bits per heavy atom. The first kappa shape index (κ1) is 13.1. The molecule has 8 heteroatoms. The van der Waals surface area contributed by atoms with Crippen LogP contribution in [0.2, 0.25) is 0 Å². The van der Waals surface area contributed by atoms with Crippen molar-refractivity contribution < 1.29 is 14.3 Å². The summed E-state index contributed by atoms with van der Waals surface area (Å²) in [5, 5.41) is 16.3. The van der Waals surface area contributed by atoms with Crippen LogP contribution in [-0.4, -0.2) is 37.6 Å². The van der Waals surface area contributed by atoms with E-state index in [0.717, 1.165) is 6.20 Å². The molecule has 100 valence electrons. The van der Waals surface area contributed by atoms with Crippen molar-refractivity contribution in [3.05, 3.63) is 41.2 Å². The predicted octanol–water partition coefficient (Wildman–Crippen LogP) is 0.0599. The first-order valence-electron chi connectivity index (χ1n) is 5.57. The molecule has 0 saturated carbocycles. The quantitative estimate of drug-likeness (QED) is 0.791. The average Bonchev–Trinajstić information content (AvgIpc) is 2.73. The number of carboxylic acids is 1. The zero-order valence-electron chi connectivity index (χ0n) is 9.95. The van der Waals surface area contributed by atoms with E-state index < -0.39 is 11.8 Å². The van der Waals surface area contributed by atoms with Gasteiger partial charge in [0.15, 0.2) is 5.69 Å². The summed E-state index contributed by atoms with van der Waals surface area (Å²) in [6.07, 6.45) is 2.91. The van der Waals surface area contributed by atoms with Gasteiger partial charge in [-0.1, -0.05) is 5.21 Å². The SMILES string of the molecule is NCCc1c(C(=O)O)nnn1Cc1cncc(F)c1. The van der Waals surface area contributed by atoms with Crippen LogP contribution in [-0.2, 0) is 13.0 Å². The van der Waals surface area contributed by atoms with Gasteiger partial charge in [-0.3, -0.25) is 4.98 Å². The fourth-order valence-electron chi connectivity index (χ4n) is 1.73. The predicted molar refractivity (Wildman–Crippen MR) is 63.0 cm³/mol. The fraction of sp³-hybridized carbons (Fsp3) is 0.273. The Morgan fingerprint density at radius 1 is 1.47 bits per heavy atom. The summed E-state index contributed by atoms with van der Waals surface area (Å²) < 4.78 is 14.4. The van der Waals surface area contributed by atoms with Gasteiger partial charge in [-0.05, 0) is 18.2 Å². The van der Waals surface area contributed by atoms with E-state index in [2.05, 4.69) is 15.3 Å². The van der Waals surface area contributed by atoms with Crippen molar-refractivity contribution in [3.63, 3.8) is 0 Å². The molecule has 0 saturated heterocycles. The van der Waals surface area contributed by atoms with Crippen LogP contribution in [0.1, 0.15) is 21.7 Å². The highest BCUT2D eigenvalue weighted by Crippen LogP contribution is 2.10. The summed E-state index contributed by atoms with van der Waals surface area (Å²) in [5.74, 6) is -1.62. The van der Waals surface area contributed by atoms with Crippen molar-refractivity contribution in [1.82, 2.24) is 20.0 Å². The van der Waals surface area contributed by atoms with Crippen LogP contribution in [0.3, 0.4) is 0 Å². The molecule has 0 aliphatic carbocycles. The maximum atomic E-state index is 13.0. The highest BCUT2D eigenvalue weighted by molar-refractivity contribution is 5.86. The Kier molecular flexibility index (Phi) is 3.81. The van der Waals surface area contributed by atoms with Crippen molar-refractivity contribution in [1.29, 1.82) is 0 Å². The number of nitrogens with two attached hydrogens (primary N) is 1. The third-order valence-corrected chi connectivity index (χ3v) is 2.52. The lowest BCUT2D eigenvalue weighted by Crippen LogP contribution is -2.14. The molecule has 0 aliphatic heterocycles. The molecule has 0 radical (unpaired) electrons. The average molecular weight is 265 g/mol. The van der Waals surface area contributed by atoms with Crippen LogP contribution in [0.4, 0.5) is 4.39 Å². The molecule has 0 aliphatic rings. The van der Waals surface area contributed by atoms with Gasteiger partial charge < -0.3 is 10.8 Å². The van der Waals surface area contributed by atoms with Gasteiger partial charge in [0.2, 0.25) is 0 Å². The summed E-state index contributed by atoms with van der Waals surface area (Å²) in [5.41, 5.74) is 6.30. The van der Waals surface area contributed by atoms with Crippen molar-refractivity contribution >= 4 is 5.97 Å². The van der Waals surface area contributed by atoms with E-state index in [1.165, 1.54) is 16.9 Å². The minimum absolute atomic E-state index is 0.130. The number of pyridine rings is 1. The van der Waals surface area contributed by atoms with Crippen molar-refractivity contribution in [3.8, 4) is 0 Å². The molecule has 0 fully saturated rings. The van der Waals surface area contributed by atoms with E-state index in [0.29, 0.717) is 17.7 Å².